The van der Waals surface area contributed by atoms with Gasteiger partial charge in [0, 0.05) is 20.0 Å². The Bertz CT molecular complexity index is 769. The lowest BCUT2D eigenvalue weighted by molar-refractivity contribution is -0.128. The molecule has 1 amide bonds. The first-order valence-corrected chi connectivity index (χ1v) is 6.02. The van der Waals surface area contributed by atoms with Gasteiger partial charge in [-0.3, -0.25) is 19.1 Å². The van der Waals surface area contributed by atoms with Crippen LogP contribution in [0.2, 0.25) is 0 Å². The second-order valence-corrected chi connectivity index (χ2v) is 4.62. The summed E-state index contributed by atoms with van der Waals surface area (Å²) in [5.41, 5.74) is -0.448. The topological polar surface area (TPSA) is 104 Å². The van der Waals surface area contributed by atoms with E-state index in [2.05, 4.69) is 15.0 Å². The van der Waals surface area contributed by atoms with Gasteiger partial charge < -0.3 is 9.88 Å². The maximum atomic E-state index is 11.9. The maximum absolute atomic E-state index is 11.9. The molecule has 3 rings (SSSR count). The van der Waals surface area contributed by atoms with Gasteiger partial charge in [0.25, 0.3) is 5.56 Å². The number of carbonyl (C=O) groups excluding carboxylic acids is 1. The standard InChI is InChI=1S/C11H13N5O3/c1-15-10(18)8-9(14-11(15)19)13-6(12-8)5-16-4-2-3-7(16)17/h2-5H2,1H3,(H,12,13)(H,14,19). The Morgan fingerprint density at radius 3 is 2.74 bits per heavy atom. The van der Waals surface area contributed by atoms with E-state index in [0.717, 1.165) is 11.0 Å². The number of nitrogens with one attached hydrogen (secondary N) is 2. The van der Waals surface area contributed by atoms with E-state index in [1.807, 2.05) is 0 Å². The lowest BCUT2D eigenvalue weighted by Gasteiger charge is -2.12. The minimum absolute atomic E-state index is 0.0850. The SMILES string of the molecule is Cn1c(=O)[nH]c2nc(CN3CCCC3=O)[nH]c2c1=O. The zero-order valence-electron chi connectivity index (χ0n) is 10.4. The predicted octanol–water partition coefficient (Wildman–Crippen LogP) is -0.928. The van der Waals surface area contributed by atoms with Crippen LogP contribution in [-0.4, -0.2) is 36.9 Å². The molecule has 2 N–H and O–H groups in total. The molecule has 1 aliphatic heterocycles. The van der Waals surface area contributed by atoms with Crippen molar-refractivity contribution in [2.45, 2.75) is 19.4 Å². The number of nitrogens with zero attached hydrogens (tertiary/aromatic N) is 3. The Morgan fingerprint density at radius 1 is 1.26 bits per heavy atom. The molecule has 2 aromatic rings. The van der Waals surface area contributed by atoms with Crippen molar-refractivity contribution in [3.05, 3.63) is 26.7 Å². The van der Waals surface area contributed by atoms with Crippen LogP contribution in [0.25, 0.3) is 11.2 Å². The summed E-state index contributed by atoms with van der Waals surface area (Å²) in [6.07, 6.45) is 1.40. The molecule has 0 spiro atoms. The summed E-state index contributed by atoms with van der Waals surface area (Å²) < 4.78 is 0.977. The predicted molar refractivity (Wildman–Crippen MR) is 66.6 cm³/mol. The third kappa shape index (κ3) is 1.85. The molecule has 1 saturated heterocycles. The number of rotatable bonds is 2. The number of fused-ring (bicyclic) bond motifs is 1. The number of amides is 1. The zero-order chi connectivity index (χ0) is 13.6. The first kappa shape index (κ1) is 11.7. The van der Waals surface area contributed by atoms with E-state index in [1.54, 1.807) is 4.90 Å². The average Bonchev–Trinajstić information content (AvgIpc) is 2.94. The summed E-state index contributed by atoms with van der Waals surface area (Å²) in [7, 11) is 1.39. The van der Waals surface area contributed by atoms with Gasteiger partial charge in [0.15, 0.2) is 5.65 Å². The van der Waals surface area contributed by atoms with Gasteiger partial charge in [-0.1, -0.05) is 0 Å². The molecule has 0 radical (unpaired) electrons. The molecule has 0 aromatic carbocycles. The van der Waals surface area contributed by atoms with Crippen molar-refractivity contribution < 1.29 is 4.79 Å². The number of hydrogen-bond acceptors (Lipinski definition) is 4. The van der Waals surface area contributed by atoms with E-state index in [4.69, 9.17) is 0 Å². The van der Waals surface area contributed by atoms with Crippen molar-refractivity contribution in [3.63, 3.8) is 0 Å². The normalized spacial score (nSPS) is 15.6. The highest BCUT2D eigenvalue weighted by molar-refractivity contribution is 5.78. The Labute approximate surface area is 107 Å². The average molecular weight is 263 g/mol. The zero-order valence-corrected chi connectivity index (χ0v) is 10.4. The molecule has 0 saturated carbocycles. The van der Waals surface area contributed by atoms with Gasteiger partial charge in [-0.2, -0.15) is 0 Å². The molecular formula is C11H13N5O3. The van der Waals surface area contributed by atoms with Crippen LogP contribution in [0.15, 0.2) is 9.59 Å². The van der Waals surface area contributed by atoms with Gasteiger partial charge in [0.1, 0.15) is 11.3 Å². The molecule has 0 atom stereocenters. The Balaban J connectivity index is 2.02. The van der Waals surface area contributed by atoms with Crippen molar-refractivity contribution >= 4 is 17.1 Å². The summed E-state index contributed by atoms with van der Waals surface area (Å²) in [6.45, 7) is 1.03. The summed E-state index contributed by atoms with van der Waals surface area (Å²) >= 11 is 0. The second-order valence-electron chi connectivity index (χ2n) is 4.62. The molecule has 8 nitrogen and oxygen atoms in total. The van der Waals surface area contributed by atoms with Gasteiger partial charge in [-0.25, -0.2) is 9.78 Å². The van der Waals surface area contributed by atoms with Gasteiger partial charge in [-0.15, -0.1) is 0 Å². The van der Waals surface area contributed by atoms with Crippen LogP contribution in [0.3, 0.4) is 0 Å². The van der Waals surface area contributed by atoms with Crippen LogP contribution in [0.1, 0.15) is 18.7 Å². The van der Waals surface area contributed by atoms with Crippen molar-refractivity contribution in [1.29, 1.82) is 0 Å². The third-order valence-corrected chi connectivity index (χ3v) is 3.31. The summed E-state index contributed by atoms with van der Waals surface area (Å²) in [5.74, 6) is 0.589. The molecule has 0 bridgehead atoms. The molecule has 0 aliphatic carbocycles. The fourth-order valence-corrected chi connectivity index (χ4v) is 2.24. The second kappa shape index (κ2) is 4.08. The number of aromatic nitrogens is 4. The lowest BCUT2D eigenvalue weighted by atomic mass is 10.4. The first-order valence-electron chi connectivity index (χ1n) is 6.02. The lowest BCUT2D eigenvalue weighted by Crippen LogP contribution is -2.32. The fourth-order valence-electron chi connectivity index (χ4n) is 2.24. The Morgan fingerprint density at radius 2 is 2.05 bits per heavy atom. The Hall–Kier alpha value is -2.38. The van der Waals surface area contributed by atoms with E-state index < -0.39 is 11.2 Å². The number of carbonyl (C=O) groups is 1. The number of hydrogen-bond donors (Lipinski definition) is 2. The highest BCUT2D eigenvalue weighted by atomic mass is 16.2. The van der Waals surface area contributed by atoms with E-state index in [9.17, 15) is 14.4 Å². The number of H-pyrrole nitrogens is 2. The molecule has 1 aliphatic rings. The smallest absolute Gasteiger partial charge is 0.329 e. The quantitative estimate of drug-likeness (QED) is 0.730. The molecule has 19 heavy (non-hydrogen) atoms. The summed E-state index contributed by atoms with van der Waals surface area (Å²) in [6, 6.07) is 0. The van der Waals surface area contributed by atoms with Crippen LogP contribution >= 0.6 is 0 Å². The van der Waals surface area contributed by atoms with Gasteiger partial charge in [0.05, 0.1) is 6.54 Å². The maximum Gasteiger partial charge on any atom is 0.329 e. The van der Waals surface area contributed by atoms with E-state index in [-0.39, 0.29) is 17.1 Å². The van der Waals surface area contributed by atoms with Crippen molar-refractivity contribution in [2.75, 3.05) is 6.54 Å². The molecule has 8 heteroatoms. The summed E-state index contributed by atoms with van der Waals surface area (Å²) in [4.78, 5) is 46.1. The van der Waals surface area contributed by atoms with Crippen LogP contribution in [0.5, 0.6) is 0 Å². The molecule has 3 heterocycles. The number of imidazole rings is 1. The fraction of sp³-hybridized carbons (Fsp3) is 0.455. The monoisotopic (exact) mass is 263 g/mol. The van der Waals surface area contributed by atoms with Gasteiger partial charge in [-0.05, 0) is 6.42 Å². The molecule has 2 aromatic heterocycles. The summed E-state index contributed by atoms with van der Waals surface area (Å²) in [5, 5.41) is 0. The van der Waals surface area contributed by atoms with E-state index in [1.165, 1.54) is 7.05 Å². The highest BCUT2D eigenvalue weighted by Gasteiger charge is 2.21. The first-order chi connectivity index (χ1) is 9.06. The van der Waals surface area contributed by atoms with E-state index in [0.29, 0.717) is 25.3 Å². The Kier molecular flexibility index (Phi) is 2.51. The van der Waals surface area contributed by atoms with Crippen LogP contribution in [0, 0.1) is 0 Å². The van der Waals surface area contributed by atoms with E-state index >= 15 is 0 Å². The minimum Gasteiger partial charge on any atom is -0.335 e. The molecule has 1 fully saturated rings. The largest absolute Gasteiger partial charge is 0.335 e. The number of aromatic amines is 2. The van der Waals surface area contributed by atoms with Gasteiger partial charge >= 0.3 is 5.69 Å². The van der Waals surface area contributed by atoms with Crippen LogP contribution < -0.4 is 11.2 Å². The van der Waals surface area contributed by atoms with Crippen molar-refractivity contribution in [2.24, 2.45) is 7.05 Å². The van der Waals surface area contributed by atoms with Crippen LogP contribution in [0.4, 0.5) is 0 Å². The molecular weight excluding hydrogens is 250 g/mol. The third-order valence-electron chi connectivity index (χ3n) is 3.31. The van der Waals surface area contributed by atoms with Crippen molar-refractivity contribution in [1.82, 2.24) is 24.4 Å². The van der Waals surface area contributed by atoms with Gasteiger partial charge in [0.2, 0.25) is 5.91 Å². The molecule has 0 unspecified atom stereocenters. The molecule has 100 valence electrons. The number of likely N-dealkylation sites (tertiary alicyclic amines) is 1. The van der Waals surface area contributed by atoms with Crippen LogP contribution in [-0.2, 0) is 18.4 Å². The minimum atomic E-state index is -0.507. The highest BCUT2D eigenvalue weighted by Crippen LogP contribution is 2.13. The van der Waals surface area contributed by atoms with Crippen molar-refractivity contribution in [3.8, 4) is 0 Å².